The van der Waals surface area contributed by atoms with Gasteiger partial charge in [-0.2, -0.15) is 0 Å². The van der Waals surface area contributed by atoms with Gasteiger partial charge < -0.3 is 24.7 Å². The number of nitrogens with zero attached hydrogens (tertiary/aromatic N) is 1. The fourth-order valence-electron chi connectivity index (χ4n) is 5.67. The number of halogens is 1. The highest BCUT2D eigenvalue weighted by Crippen LogP contribution is 2.40. The molecule has 0 bridgehead atoms. The first kappa shape index (κ1) is 32.5. The Kier molecular flexibility index (Phi) is 9.33. The Morgan fingerprint density at radius 1 is 1.02 bits per heavy atom. The lowest BCUT2D eigenvalue weighted by Crippen LogP contribution is -2.38. The van der Waals surface area contributed by atoms with Crippen LogP contribution in [-0.2, 0) is 19.4 Å². The molecule has 46 heavy (non-hydrogen) atoms. The van der Waals surface area contributed by atoms with Crippen LogP contribution in [0.15, 0.2) is 76.6 Å². The highest BCUT2D eigenvalue weighted by molar-refractivity contribution is 7.92. The lowest BCUT2D eigenvalue weighted by atomic mass is 10.0. The quantitative estimate of drug-likeness (QED) is 0.214. The van der Waals surface area contributed by atoms with Gasteiger partial charge in [-0.3, -0.25) is 14.9 Å². The molecule has 11 nitrogen and oxygen atoms in total. The van der Waals surface area contributed by atoms with E-state index in [0.717, 1.165) is 0 Å². The Labute approximate surface area is 265 Å². The first-order valence-corrected chi connectivity index (χ1v) is 16.2. The van der Waals surface area contributed by atoms with E-state index in [0.29, 0.717) is 52.7 Å². The standard InChI is InChI=1S/C33H35FN4O7S/c1-19(2)46(42,43)29-12-10-23(37-33(41)45-4)18-25(29)27-6-5-15-38(27)32(40)30(21-8-11-26(34)28(16-21)44-3)36-22-9-7-20-13-14-35-31(39)24(20)17-22/h7-14,16-19,27,30,36H,5-6,15H2,1-4H3,(H,35,39)(H,37,41)/t27-,30-/m1/s1. The molecule has 1 saturated heterocycles. The van der Waals surface area contributed by atoms with Crippen molar-refractivity contribution in [2.75, 3.05) is 31.4 Å². The third-order valence-electron chi connectivity index (χ3n) is 8.11. The van der Waals surface area contributed by atoms with Crippen LogP contribution in [0.2, 0.25) is 0 Å². The fourth-order valence-corrected chi connectivity index (χ4v) is 6.96. The number of likely N-dealkylation sites (tertiary alicyclic amines) is 1. The van der Waals surface area contributed by atoms with Crippen molar-refractivity contribution in [1.29, 1.82) is 0 Å². The summed E-state index contributed by atoms with van der Waals surface area (Å²) in [4.78, 5) is 43.4. The van der Waals surface area contributed by atoms with Crippen LogP contribution < -0.4 is 20.9 Å². The number of nitrogens with one attached hydrogen (secondary N) is 3. The number of benzene rings is 3. The lowest BCUT2D eigenvalue weighted by molar-refractivity contribution is -0.133. The van der Waals surface area contributed by atoms with E-state index in [-0.39, 0.29) is 16.2 Å². The smallest absolute Gasteiger partial charge is 0.411 e. The van der Waals surface area contributed by atoms with Crippen LogP contribution in [0, 0.1) is 5.82 Å². The second-order valence-corrected chi connectivity index (χ2v) is 13.7. The van der Waals surface area contributed by atoms with Crippen molar-refractivity contribution < 1.29 is 31.9 Å². The monoisotopic (exact) mass is 650 g/mol. The van der Waals surface area contributed by atoms with Gasteiger partial charge >= 0.3 is 6.09 Å². The Morgan fingerprint density at radius 3 is 2.50 bits per heavy atom. The largest absolute Gasteiger partial charge is 0.494 e. The van der Waals surface area contributed by atoms with E-state index < -0.39 is 45.0 Å². The number of carbonyl (C=O) groups is 2. The predicted octanol–water partition coefficient (Wildman–Crippen LogP) is 5.55. The number of hydrogen-bond donors (Lipinski definition) is 3. The van der Waals surface area contributed by atoms with Crippen LogP contribution in [0.3, 0.4) is 0 Å². The number of carbonyl (C=O) groups excluding carboxylic acids is 2. The van der Waals surface area contributed by atoms with E-state index in [9.17, 15) is 27.2 Å². The summed E-state index contributed by atoms with van der Waals surface area (Å²) in [6.07, 6.45) is 1.86. The minimum absolute atomic E-state index is 0.0584. The number of anilines is 2. The van der Waals surface area contributed by atoms with Gasteiger partial charge in [-0.25, -0.2) is 17.6 Å². The number of methoxy groups -OCH3 is 2. The summed E-state index contributed by atoms with van der Waals surface area (Å²) >= 11 is 0. The Balaban J connectivity index is 1.60. The molecule has 1 fully saturated rings. The van der Waals surface area contributed by atoms with E-state index in [1.54, 1.807) is 55.3 Å². The van der Waals surface area contributed by atoms with Gasteiger partial charge in [0.05, 0.1) is 30.4 Å². The number of rotatable bonds is 9. The molecule has 0 aliphatic carbocycles. The van der Waals surface area contributed by atoms with Crippen molar-refractivity contribution in [3.63, 3.8) is 0 Å². The number of H-pyrrole nitrogens is 1. The summed E-state index contributed by atoms with van der Waals surface area (Å²) < 4.78 is 51.4. The summed E-state index contributed by atoms with van der Waals surface area (Å²) in [6, 6.07) is 13.7. The van der Waals surface area contributed by atoms with Gasteiger partial charge in [-0.15, -0.1) is 0 Å². The minimum Gasteiger partial charge on any atom is -0.494 e. The number of pyridine rings is 1. The second kappa shape index (κ2) is 13.2. The maximum Gasteiger partial charge on any atom is 0.411 e. The molecular formula is C33H35FN4O7S. The Hall–Kier alpha value is -4.91. The average Bonchev–Trinajstić information content (AvgIpc) is 3.54. The molecule has 2 heterocycles. The molecule has 13 heteroatoms. The third kappa shape index (κ3) is 6.41. The third-order valence-corrected chi connectivity index (χ3v) is 10.3. The summed E-state index contributed by atoms with van der Waals surface area (Å²) in [5.41, 5.74) is 1.23. The molecule has 0 radical (unpaired) electrons. The second-order valence-electron chi connectivity index (χ2n) is 11.2. The lowest BCUT2D eigenvalue weighted by Gasteiger charge is -2.32. The van der Waals surface area contributed by atoms with Crippen molar-refractivity contribution in [3.8, 4) is 5.75 Å². The number of fused-ring (bicyclic) bond motifs is 1. The zero-order valence-corrected chi connectivity index (χ0v) is 26.6. The zero-order valence-electron chi connectivity index (χ0n) is 25.8. The Bertz CT molecular complexity index is 1960. The Morgan fingerprint density at radius 2 is 1.78 bits per heavy atom. The molecule has 0 spiro atoms. The van der Waals surface area contributed by atoms with E-state index in [1.807, 2.05) is 0 Å². The SMILES string of the molecule is COC(=O)Nc1ccc(S(=O)(=O)C(C)C)c([C@H]2CCCN2C(=O)[C@H](Nc2ccc3cc[nH]c(=O)c3c2)c2ccc(F)c(OC)c2)c1. The normalized spacial score (nSPS) is 15.5. The van der Waals surface area contributed by atoms with Crippen LogP contribution in [0.1, 0.15) is 49.9 Å². The maximum absolute atomic E-state index is 14.6. The van der Waals surface area contributed by atoms with Gasteiger partial charge in [-0.1, -0.05) is 12.1 Å². The van der Waals surface area contributed by atoms with Gasteiger partial charge in [0.15, 0.2) is 21.4 Å². The summed E-state index contributed by atoms with van der Waals surface area (Å²) in [5.74, 6) is -1.07. The molecule has 1 aliphatic heterocycles. The number of sulfone groups is 1. The minimum atomic E-state index is -3.79. The molecule has 0 saturated carbocycles. The molecule has 3 aromatic carbocycles. The van der Waals surface area contributed by atoms with Crippen LogP contribution in [0.25, 0.3) is 10.8 Å². The zero-order chi connectivity index (χ0) is 33.2. The molecule has 0 unspecified atom stereocenters. The van der Waals surface area contributed by atoms with Gasteiger partial charge in [-0.05, 0) is 91.7 Å². The van der Waals surface area contributed by atoms with Gasteiger partial charge in [0.25, 0.3) is 5.56 Å². The van der Waals surface area contributed by atoms with E-state index in [2.05, 4.69) is 15.6 Å². The molecule has 4 aromatic rings. The van der Waals surface area contributed by atoms with E-state index >= 15 is 0 Å². The summed E-state index contributed by atoms with van der Waals surface area (Å²) in [5, 5.41) is 6.18. The topological polar surface area (TPSA) is 147 Å². The molecule has 2 amide bonds. The fraction of sp³-hybridized carbons (Fsp3) is 0.303. The molecule has 2 atom stereocenters. The highest BCUT2D eigenvalue weighted by Gasteiger charge is 2.38. The summed E-state index contributed by atoms with van der Waals surface area (Å²) in [6.45, 7) is 3.47. The number of aromatic nitrogens is 1. The number of amides is 2. The predicted molar refractivity (Wildman–Crippen MR) is 172 cm³/mol. The van der Waals surface area contributed by atoms with Crippen molar-refractivity contribution >= 4 is 44.0 Å². The van der Waals surface area contributed by atoms with Crippen molar-refractivity contribution in [2.45, 2.75) is 48.9 Å². The molecule has 5 rings (SSSR count). The van der Waals surface area contributed by atoms with E-state index in [1.165, 1.54) is 44.6 Å². The van der Waals surface area contributed by atoms with Crippen molar-refractivity contribution in [3.05, 3.63) is 94.2 Å². The number of ether oxygens (including phenoxy) is 2. The first-order chi connectivity index (χ1) is 21.9. The average molecular weight is 651 g/mol. The number of hydrogen-bond acceptors (Lipinski definition) is 8. The molecule has 242 valence electrons. The van der Waals surface area contributed by atoms with E-state index in [4.69, 9.17) is 9.47 Å². The van der Waals surface area contributed by atoms with Crippen molar-refractivity contribution in [2.24, 2.45) is 0 Å². The first-order valence-electron chi connectivity index (χ1n) is 14.7. The molecule has 1 aromatic heterocycles. The molecular weight excluding hydrogens is 615 g/mol. The van der Waals surface area contributed by atoms with Crippen LogP contribution in [0.5, 0.6) is 5.75 Å². The van der Waals surface area contributed by atoms with Gasteiger partial charge in [0.2, 0.25) is 5.91 Å². The highest BCUT2D eigenvalue weighted by atomic mass is 32.2. The number of aromatic amines is 1. The van der Waals surface area contributed by atoms with Gasteiger partial charge in [0, 0.05) is 29.5 Å². The van der Waals surface area contributed by atoms with Gasteiger partial charge in [0.1, 0.15) is 6.04 Å². The van der Waals surface area contributed by atoms with Crippen LogP contribution in [0.4, 0.5) is 20.6 Å². The van der Waals surface area contributed by atoms with Crippen molar-refractivity contribution in [1.82, 2.24) is 9.88 Å². The summed E-state index contributed by atoms with van der Waals surface area (Å²) in [7, 11) is -1.25. The maximum atomic E-state index is 14.6. The van der Waals surface area contributed by atoms with Crippen LogP contribution in [-0.4, -0.2) is 56.3 Å². The molecule has 1 aliphatic rings. The van der Waals surface area contributed by atoms with Crippen LogP contribution >= 0.6 is 0 Å². The molecule has 3 N–H and O–H groups in total.